The first-order chi connectivity index (χ1) is 19.3. The van der Waals surface area contributed by atoms with Crippen LogP contribution in [0.2, 0.25) is 0 Å². The fraction of sp³-hybridized carbons (Fsp3) is 0.393. The molecule has 0 fully saturated rings. The number of carboxylic acids is 2. The molecular weight excluding hydrogens is 536 g/mol. The van der Waals surface area contributed by atoms with Gasteiger partial charge < -0.3 is 42.1 Å². The number of phenolic OH excluding ortho intramolecular Hbond substituents is 2. The quantitative estimate of drug-likeness (QED) is 0.145. The highest BCUT2D eigenvalue weighted by Gasteiger charge is 2.31. The van der Waals surface area contributed by atoms with Gasteiger partial charge in [0.25, 0.3) is 0 Å². The number of aliphatic carboxylic acids is 2. The van der Waals surface area contributed by atoms with E-state index in [1.54, 1.807) is 13.8 Å². The highest BCUT2D eigenvalue weighted by atomic mass is 16.4. The molecule has 0 aliphatic rings. The average molecular weight is 573 g/mol. The molecule has 3 amide bonds. The van der Waals surface area contributed by atoms with Gasteiger partial charge in [0.2, 0.25) is 17.7 Å². The normalized spacial score (nSPS) is 13.9. The zero-order valence-corrected chi connectivity index (χ0v) is 22.7. The maximum absolute atomic E-state index is 13.3. The number of nitrogens with one attached hydrogen (secondary N) is 3. The summed E-state index contributed by atoms with van der Waals surface area (Å²) in [5, 5.41) is 45.3. The number of aromatic hydroxyl groups is 2. The average Bonchev–Trinajstić information content (AvgIpc) is 2.91. The molecule has 2 aromatic carbocycles. The lowest BCUT2D eigenvalue weighted by atomic mass is 10.0. The second-order valence-corrected chi connectivity index (χ2v) is 9.97. The first-order valence-corrected chi connectivity index (χ1v) is 12.9. The molecule has 0 bridgehead atoms. The predicted molar refractivity (Wildman–Crippen MR) is 147 cm³/mol. The van der Waals surface area contributed by atoms with Gasteiger partial charge in [0, 0.05) is 19.3 Å². The number of amides is 3. The van der Waals surface area contributed by atoms with Crippen molar-refractivity contribution in [1.29, 1.82) is 0 Å². The van der Waals surface area contributed by atoms with E-state index in [1.807, 2.05) is 0 Å². The molecule has 0 aromatic heterocycles. The number of benzene rings is 2. The van der Waals surface area contributed by atoms with Crippen LogP contribution in [0.25, 0.3) is 0 Å². The standard InChI is InChI=1S/C28H36N4O9/c1-15(2)24(29)27(39)30-20(11-12-23(35)36)25(37)31-21(13-16-3-7-18(33)8-4-16)26(38)32-22(28(40)41)14-17-5-9-19(34)10-6-17/h3-10,15,20-22,24,33-34H,11-14,29H2,1-2H3,(H,30,39)(H,31,37)(H,32,38)(H,35,36)(H,40,41). The molecule has 0 saturated carbocycles. The van der Waals surface area contributed by atoms with Crippen LogP contribution < -0.4 is 21.7 Å². The molecule has 0 saturated heterocycles. The topological polar surface area (TPSA) is 228 Å². The molecule has 0 aliphatic heterocycles. The number of hydrogen-bond donors (Lipinski definition) is 8. The number of rotatable bonds is 15. The summed E-state index contributed by atoms with van der Waals surface area (Å²) in [7, 11) is 0. The Labute approximate surface area is 236 Å². The summed E-state index contributed by atoms with van der Waals surface area (Å²) >= 11 is 0. The molecule has 2 aromatic rings. The fourth-order valence-corrected chi connectivity index (χ4v) is 3.80. The van der Waals surface area contributed by atoms with E-state index in [4.69, 9.17) is 10.8 Å². The van der Waals surface area contributed by atoms with E-state index in [1.165, 1.54) is 48.5 Å². The van der Waals surface area contributed by atoms with Crippen molar-refractivity contribution in [3.05, 3.63) is 59.7 Å². The van der Waals surface area contributed by atoms with Gasteiger partial charge in [-0.3, -0.25) is 19.2 Å². The Bertz CT molecular complexity index is 1220. The third-order valence-electron chi connectivity index (χ3n) is 6.30. The van der Waals surface area contributed by atoms with Gasteiger partial charge in [-0.25, -0.2) is 4.79 Å². The summed E-state index contributed by atoms with van der Waals surface area (Å²) in [5.74, 6) is -5.24. The van der Waals surface area contributed by atoms with Crippen LogP contribution in [-0.2, 0) is 36.8 Å². The van der Waals surface area contributed by atoms with Gasteiger partial charge in [-0.15, -0.1) is 0 Å². The lowest BCUT2D eigenvalue weighted by Gasteiger charge is -2.26. The first kappa shape index (κ1) is 32.6. The van der Waals surface area contributed by atoms with Gasteiger partial charge >= 0.3 is 11.9 Å². The third-order valence-corrected chi connectivity index (χ3v) is 6.30. The first-order valence-electron chi connectivity index (χ1n) is 12.9. The Kier molecular flexibility index (Phi) is 12.1. The Hall–Kier alpha value is -4.65. The minimum Gasteiger partial charge on any atom is -0.508 e. The van der Waals surface area contributed by atoms with E-state index in [0.717, 1.165) is 0 Å². The second-order valence-electron chi connectivity index (χ2n) is 9.97. The van der Waals surface area contributed by atoms with Crippen molar-refractivity contribution >= 4 is 29.7 Å². The zero-order chi connectivity index (χ0) is 30.7. The van der Waals surface area contributed by atoms with E-state index >= 15 is 0 Å². The molecule has 0 spiro atoms. The number of carbonyl (C=O) groups excluding carboxylic acids is 3. The largest absolute Gasteiger partial charge is 0.508 e. The van der Waals surface area contributed by atoms with E-state index in [0.29, 0.717) is 11.1 Å². The van der Waals surface area contributed by atoms with E-state index < -0.39 is 60.2 Å². The Morgan fingerprint density at radius 3 is 1.54 bits per heavy atom. The number of hydrogen-bond acceptors (Lipinski definition) is 8. The van der Waals surface area contributed by atoms with Crippen molar-refractivity contribution in [3.63, 3.8) is 0 Å². The van der Waals surface area contributed by atoms with Crippen molar-refractivity contribution in [3.8, 4) is 11.5 Å². The predicted octanol–water partition coefficient (Wildman–Crippen LogP) is 0.270. The van der Waals surface area contributed by atoms with Crippen molar-refractivity contribution in [2.24, 2.45) is 11.7 Å². The highest BCUT2D eigenvalue weighted by molar-refractivity contribution is 5.94. The van der Waals surface area contributed by atoms with Crippen LogP contribution in [0, 0.1) is 5.92 Å². The summed E-state index contributed by atoms with van der Waals surface area (Å²) in [6.07, 6.45) is -0.984. The number of nitrogens with two attached hydrogens (primary N) is 1. The zero-order valence-electron chi connectivity index (χ0n) is 22.7. The molecule has 0 radical (unpaired) electrons. The van der Waals surface area contributed by atoms with Gasteiger partial charge in [-0.2, -0.15) is 0 Å². The van der Waals surface area contributed by atoms with Crippen LogP contribution >= 0.6 is 0 Å². The molecule has 4 unspecified atom stereocenters. The van der Waals surface area contributed by atoms with Crippen LogP contribution in [-0.4, -0.2) is 74.3 Å². The molecule has 2 rings (SSSR count). The Balaban J connectivity index is 2.30. The highest BCUT2D eigenvalue weighted by Crippen LogP contribution is 2.14. The molecule has 13 nitrogen and oxygen atoms in total. The minimum atomic E-state index is -1.39. The van der Waals surface area contributed by atoms with Crippen molar-refractivity contribution < 1.29 is 44.4 Å². The van der Waals surface area contributed by atoms with Crippen LogP contribution in [0.1, 0.15) is 37.8 Å². The summed E-state index contributed by atoms with van der Waals surface area (Å²) < 4.78 is 0. The second kappa shape index (κ2) is 15.2. The molecular formula is C28H36N4O9. The van der Waals surface area contributed by atoms with Gasteiger partial charge in [0.15, 0.2) is 0 Å². The lowest BCUT2D eigenvalue weighted by molar-refractivity contribution is -0.142. The molecule has 41 heavy (non-hydrogen) atoms. The van der Waals surface area contributed by atoms with Gasteiger partial charge in [-0.1, -0.05) is 38.1 Å². The van der Waals surface area contributed by atoms with Crippen molar-refractivity contribution in [2.75, 3.05) is 0 Å². The number of phenols is 2. The maximum Gasteiger partial charge on any atom is 0.326 e. The molecule has 13 heteroatoms. The van der Waals surface area contributed by atoms with Crippen LogP contribution in [0.4, 0.5) is 0 Å². The van der Waals surface area contributed by atoms with Gasteiger partial charge in [0.1, 0.15) is 29.6 Å². The SMILES string of the molecule is CC(C)C(N)C(=O)NC(CCC(=O)O)C(=O)NC(Cc1ccc(O)cc1)C(=O)NC(Cc1ccc(O)cc1)C(=O)O. The maximum atomic E-state index is 13.3. The Morgan fingerprint density at radius 2 is 1.10 bits per heavy atom. The van der Waals surface area contributed by atoms with Gasteiger partial charge in [0.05, 0.1) is 6.04 Å². The number of carboxylic acid groups (broad SMARTS) is 2. The van der Waals surface area contributed by atoms with Gasteiger partial charge in [-0.05, 0) is 47.7 Å². The molecule has 0 heterocycles. The minimum absolute atomic E-state index is 0.0137. The molecule has 0 aliphatic carbocycles. The summed E-state index contributed by atoms with van der Waals surface area (Å²) in [4.78, 5) is 62.3. The number of carbonyl (C=O) groups is 5. The van der Waals surface area contributed by atoms with Crippen LogP contribution in [0.15, 0.2) is 48.5 Å². The van der Waals surface area contributed by atoms with E-state index in [9.17, 15) is 39.3 Å². The molecule has 222 valence electrons. The lowest BCUT2D eigenvalue weighted by Crippen LogP contribution is -2.58. The van der Waals surface area contributed by atoms with Crippen LogP contribution in [0.3, 0.4) is 0 Å². The van der Waals surface area contributed by atoms with E-state index in [2.05, 4.69) is 16.0 Å². The molecule has 9 N–H and O–H groups in total. The van der Waals surface area contributed by atoms with E-state index in [-0.39, 0.29) is 36.7 Å². The van der Waals surface area contributed by atoms with Crippen molar-refractivity contribution in [1.82, 2.24) is 16.0 Å². The third kappa shape index (κ3) is 10.8. The van der Waals surface area contributed by atoms with Crippen molar-refractivity contribution in [2.45, 2.75) is 63.7 Å². The summed E-state index contributed by atoms with van der Waals surface area (Å²) in [6.45, 7) is 3.40. The fourth-order valence-electron chi connectivity index (χ4n) is 3.80. The van der Waals surface area contributed by atoms with Crippen LogP contribution in [0.5, 0.6) is 11.5 Å². The summed E-state index contributed by atoms with van der Waals surface area (Å²) in [5.41, 5.74) is 6.91. The monoisotopic (exact) mass is 572 g/mol. The smallest absolute Gasteiger partial charge is 0.326 e. The summed E-state index contributed by atoms with van der Waals surface area (Å²) in [6, 6.07) is 6.50. The Morgan fingerprint density at radius 1 is 0.683 bits per heavy atom. The molecule has 4 atom stereocenters.